The van der Waals surface area contributed by atoms with E-state index in [0.29, 0.717) is 29.3 Å². The quantitative estimate of drug-likeness (QED) is 0.779. The number of carbonyl (C=O) groups excluding carboxylic acids is 1. The van der Waals surface area contributed by atoms with Crippen molar-refractivity contribution in [3.8, 4) is 0 Å². The molecule has 0 fully saturated rings. The third-order valence-corrected chi connectivity index (χ3v) is 3.35. The second kappa shape index (κ2) is 5.90. The molecule has 0 N–H and O–H groups in total. The number of hydrogen-bond acceptors (Lipinski definition) is 5. The molecule has 7 nitrogen and oxygen atoms in total. The Bertz CT molecular complexity index is 730. The minimum atomic E-state index is -0.417. The van der Waals surface area contributed by atoms with Gasteiger partial charge >= 0.3 is 5.97 Å². The lowest BCUT2D eigenvalue weighted by molar-refractivity contribution is 0.0523. The lowest BCUT2D eigenvalue weighted by Gasteiger charge is -2.15. The fourth-order valence-corrected chi connectivity index (χ4v) is 2.22. The van der Waals surface area contributed by atoms with Gasteiger partial charge in [0.2, 0.25) is 0 Å². The molecule has 0 aliphatic rings. The number of carbonyl (C=O) groups is 1. The van der Waals surface area contributed by atoms with Crippen LogP contribution in [0.1, 0.15) is 34.4 Å². The van der Waals surface area contributed by atoms with Crippen LogP contribution in [-0.2, 0) is 18.3 Å². The molecule has 0 saturated heterocycles. The zero-order valence-corrected chi connectivity index (χ0v) is 12.6. The van der Waals surface area contributed by atoms with E-state index in [-0.39, 0.29) is 12.1 Å². The zero-order chi connectivity index (χ0) is 15.6. The third-order valence-electron chi connectivity index (χ3n) is 3.35. The fourth-order valence-electron chi connectivity index (χ4n) is 2.22. The molecule has 0 saturated carbocycles. The van der Waals surface area contributed by atoms with Crippen molar-refractivity contribution in [2.75, 3.05) is 6.61 Å². The van der Waals surface area contributed by atoms with Crippen LogP contribution >= 0.6 is 0 Å². The molecule has 21 heavy (non-hydrogen) atoms. The molecule has 7 heteroatoms. The normalized spacial score (nSPS) is 10.7. The fraction of sp³-hybridized carbons (Fsp3) is 0.429. The second-order valence-corrected chi connectivity index (χ2v) is 4.79. The van der Waals surface area contributed by atoms with Crippen molar-refractivity contribution in [2.45, 2.75) is 27.3 Å². The van der Waals surface area contributed by atoms with Gasteiger partial charge in [-0.2, -0.15) is 0 Å². The van der Waals surface area contributed by atoms with Gasteiger partial charge in [-0.25, -0.2) is 4.79 Å². The summed E-state index contributed by atoms with van der Waals surface area (Å²) in [6.07, 6.45) is 1.57. The van der Waals surface area contributed by atoms with Crippen LogP contribution in [0.3, 0.4) is 0 Å². The van der Waals surface area contributed by atoms with Crippen LogP contribution in [0.25, 0.3) is 0 Å². The highest BCUT2D eigenvalue weighted by Crippen LogP contribution is 2.13. The van der Waals surface area contributed by atoms with Crippen LogP contribution in [0.2, 0.25) is 0 Å². The highest BCUT2D eigenvalue weighted by molar-refractivity contribution is 5.92. The van der Waals surface area contributed by atoms with Crippen molar-refractivity contribution in [1.82, 2.24) is 19.3 Å². The first-order valence-corrected chi connectivity index (χ1v) is 6.66. The van der Waals surface area contributed by atoms with Gasteiger partial charge < -0.3 is 13.9 Å². The topological polar surface area (TPSA) is 79.0 Å². The Morgan fingerprint density at radius 2 is 2.10 bits per heavy atom. The zero-order valence-electron chi connectivity index (χ0n) is 12.6. The molecule has 2 aromatic heterocycles. The predicted molar refractivity (Wildman–Crippen MR) is 76.2 cm³/mol. The van der Waals surface area contributed by atoms with Gasteiger partial charge in [-0.1, -0.05) is 0 Å². The van der Waals surface area contributed by atoms with Crippen molar-refractivity contribution in [3.05, 3.63) is 45.4 Å². The minimum absolute atomic E-state index is 0.180. The number of ether oxygens (including phenoxy) is 1. The van der Waals surface area contributed by atoms with Gasteiger partial charge in [0.1, 0.15) is 6.33 Å². The first-order chi connectivity index (χ1) is 9.95. The molecule has 0 aromatic carbocycles. The van der Waals surface area contributed by atoms with E-state index >= 15 is 0 Å². The standard InChI is InChI=1S/C14H18N4O3/c1-5-21-14(20)13-9(2)6-12(19)18(10(13)3)7-11-16-15-8-17(11)4/h6,8H,5,7H2,1-4H3. The largest absolute Gasteiger partial charge is 0.462 e. The molecule has 0 aliphatic heterocycles. The number of aryl methyl sites for hydroxylation is 2. The van der Waals surface area contributed by atoms with E-state index in [9.17, 15) is 9.59 Å². The van der Waals surface area contributed by atoms with Gasteiger partial charge in [0.25, 0.3) is 5.56 Å². The molecule has 0 radical (unpaired) electrons. The Hall–Kier alpha value is -2.44. The van der Waals surface area contributed by atoms with Crippen molar-refractivity contribution in [2.24, 2.45) is 7.05 Å². The molecule has 2 rings (SSSR count). The summed E-state index contributed by atoms with van der Waals surface area (Å²) in [4.78, 5) is 24.2. The maximum Gasteiger partial charge on any atom is 0.340 e. The molecular weight excluding hydrogens is 272 g/mol. The van der Waals surface area contributed by atoms with Gasteiger partial charge in [-0.05, 0) is 26.3 Å². The smallest absolute Gasteiger partial charge is 0.340 e. The number of esters is 1. The van der Waals surface area contributed by atoms with Gasteiger partial charge in [-0.15, -0.1) is 10.2 Å². The molecular formula is C14H18N4O3. The van der Waals surface area contributed by atoms with Crippen LogP contribution < -0.4 is 5.56 Å². The van der Waals surface area contributed by atoms with E-state index in [1.165, 1.54) is 10.6 Å². The Kier molecular flexibility index (Phi) is 4.21. The minimum Gasteiger partial charge on any atom is -0.462 e. The average molecular weight is 290 g/mol. The van der Waals surface area contributed by atoms with Gasteiger partial charge in [-0.3, -0.25) is 4.79 Å². The molecule has 2 aromatic rings. The number of rotatable bonds is 4. The van der Waals surface area contributed by atoms with E-state index in [2.05, 4.69) is 10.2 Å². The molecule has 0 spiro atoms. The summed E-state index contributed by atoms with van der Waals surface area (Å²) >= 11 is 0. The molecule has 0 unspecified atom stereocenters. The molecule has 0 amide bonds. The van der Waals surface area contributed by atoms with E-state index < -0.39 is 5.97 Å². The summed E-state index contributed by atoms with van der Waals surface area (Å²) < 4.78 is 8.29. The summed E-state index contributed by atoms with van der Waals surface area (Å²) in [5, 5.41) is 7.75. The van der Waals surface area contributed by atoms with Crippen molar-refractivity contribution >= 4 is 5.97 Å². The molecule has 0 bridgehead atoms. The van der Waals surface area contributed by atoms with Gasteiger partial charge in [0, 0.05) is 18.8 Å². The van der Waals surface area contributed by atoms with Crippen LogP contribution in [0.5, 0.6) is 0 Å². The number of hydrogen-bond donors (Lipinski definition) is 0. The van der Waals surface area contributed by atoms with Gasteiger partial charge in [0.05, 0.1) is 18.7 Å². The molecule has 112 valence electrons. The highest BCUT2D eigenvalue weighted by Gasteiger charge is 2.18. The number of aromatic nitrogens is 4. The monoisotopic (exact) mass is 290 g/mol. The van der Waals surface area contributed by atoms with Crippen molar-refractivity contribution in [3.63, 3.8) is 0 Å². The Morgan fingerprint density at radius 1 is 1.38 bits per heavy atom. The third kappa shape index (κ3) is 2.86. The highest BCUT2D eigenvalue weighted by atomic mass is 16.5. The van der Waals surface area contributed by atoms with Crippen LogP contribution in [0.15, 0.2) is 17.2 Å². The lowest BCUT2D eigenvalue weighted by Crippen LogP contribution is -2.27. The SMILES string of the molecule is CCOC(=O)c1c(C)cc(=O)n(Cc2nncn2C)c1C. The molecule has 2 heterocycles. The average Bonchev–Trinajstić information content (AvgIpc) is 2.80. The maximum absolute atomic E-state index is 12.2. The lowest BCUT2D eigenvalue weighted by atomic mass is 10.1. The molecule has 0 aliphatic carbocycles. The summed E-state index contributed by atoms with van der Waals surface area (Å²) in [5.74, 6) is 0.220. The Balaban J connectivity index is 2.51. The van der Waals surface area contributed by atoms with Crippen LogP contribution in [0.4, 0.5) is 0 Å². The summed E-state index contributed by atoms with van der Waals surface area (Å²) in [6.45, 7) is 5.76. The van der Waals surface area contributed by atoms with Crippen molar-refractivity contribution < 1.29 is 9.53 Å². The maximum atomic E-state index is 12.2. The summed E-state index contributed by atoms with van der Waals surface area (Å²) in [6, 6.07) is 1.44. The van der Waals surface area contributed by atoms with Crippen molar-refractivity contribution in [1.29, 1.82) is 0 Å². The Labute approximate surface area is 122 Å². The van der Waals surface area contributed by atoms with E-state index in [1.807, 2.05) is 0 Å². The van der Waals surface area contributed by atoms with E-state index in [4.69, 9.17) is 4.74 Å². The number of pyridine rings is 1. The first kappa shape index (κ1) is 15.0. The second-order valence-electron chi connectivity index (χ2n) is 4.79. The number of nitrogens with zero attached hydrogens (tertiary/aromatic N) is 4. The van der Waals surface area contributed by atoms with E-state index in [1.54, 1.807) is 38.7 Å². The van der Waals surface area contributed by atoms with Gasteiger partial charge in [0.15, 0.2) is 5.82 Å². The van der Waals surface area contributed by atoms with Crippen LogP contribution in [0, 0.1) is 13.8 Å². The summed E-state index contributed by atoms with van der Waals surface area (Å²) in [7, 11) is 1.80. The Morgan fingerprint density at radius 3 is 2.67 bits per heavy atom. The predicted octanol–water partition coefficient (Wildman–Crippen LogP) is 0.819. The first-order valence-electron chi connectivity index (χ1n) is 6.66. The van der Waals surface area contributed by atoms with Crippen LogP contribution in [-0.4, -0.2) is 31.9 Å². The summed E-state index contributed by atoms with van der Waals surface area (Å²) in [5.41, 5.74) is 1.44. The van der Waals surface area contributed by atoms with E-state index in [0.717, 1.165) is 0 Å². The molecule has 0 atom stereocenters.